The molecule has 0 spiro atoms. The first-order chi connectivity index (χ1) is 56.4. The fourth-order valence-electron chi connectivity index (χ4n) is 10.7. The summed E-state index contributed by atoms with van der Waals surface area (Å²) in [7, 11) is 1.33. The molecule has 9 rings (SSSR count). The summed E-state index contributed by atoms with van der Waals surface area (Å²) in [5.41, 5.74) is -9.36. The first-order valence-electron chi connectivity index (χ1n) is 33.6. The Bertz CT molecular complexity index is 4900. The predicted molar refractivity (Wildman–Crippen MR) is 387 cm³/mol. The van der Waals surface area contributed by atoms with Crippen LogP contribution in [0.15, 0.2) is 91.0 Å². The van der Waals surface area contributed by atoms with Crippen LogP contribution in [-0.2, 0) is 84.8 Å². The Hall–Kier alpha value is -13.7. The topological polar surface area (TPSA) is 311 Å². The van der Waals surface area contributed by atoms with Crippen molar-refractivity contribution >= 4 is 99.3 Å². The standard InChI is InChI=1S/2C13H11F3N2O3.C13H11F3N2O2.C13H15F3N2O.C12H13F3N2O.C9H5F4N.3CO2/c1-7-11(20-3)18(12(19)21-7)8-4-5-10(17-2)9(6-8)13(14,15)16;1-7-11(6-19)18(12(20)21-7)8-3-4-10(17-2)9(5-8)13(14,15)16;1-7-8(2)20-12(19)18(7)9-4-5-11(17-3)10(6-9)13(14,15)16;1-7-10(18-8(2)9(3)19)5-6-11(17-4)12(7)13(14,15)16;1-7(18)6-17-9-4-5-10(16-3)11(8(9)2)12(13,14)15;1-5-6(10)3-4-7(14-2)8(5)9(11,12)13;3*2-1-3/h4-7,11H,1,3H3;3-5,7,11,19H,6H2,1H3;4-8H,1-2H3;5-6,8-9,18-19H,1-3H3;4-5,7,17-18H,6H2,1-2H3;3-4H,1H3;;;/t2*7-,11-;7-,8-;8-,9-;7-;;;;/m00000..../s1. The molecule has 9 atom stereocenters. The number of carbonyl (C=O) groups excluding carboxylic acids is 9. The lowest BCUT2D eigenvalue weighted by atomic mass is 10.0. The van der Waals surface area contributed by atoms with E-state index < -0.39 is 190 Å². The van der Waals surface area contributed by atoms with Crippen molar-refractivity contribution < 1.29 is 161 Å². The maximum atomic E-state index is 13.0. The number of hydrogen-bond acceptors (Lipinski definition) is 18. The summed E-state index contributed by atoms with van der Waals surface area (Å²) in [5.74, 6) is -0.954. The molecule has 0 bridgehead atoms. The van der Waals surface area contributed by atoms with E-state index in [2.05, 4.69) is 39.7 Å². The number of ether oxygens (including phenoxy) is 4. The minimum absolute atomic E-state index is 0.0309. The predicted octanol–water partition coefficient (Wildman–Crippen LogP) is 19.6. The second-order valence-electron chi connectivity index (χ2n) is 24.7. The van der Waals surface area contributed by atoms with Crippen LogP contribution < -0.4 is 25.3 Å². The van der Waals surface area contributed by atoms with Crippen molar-refractivity contribution in [2.45, 2.75) is 161 Å². The van der Waals surface area contributed by atoms with Gasteiger partial charge in [-0.25, -0.2) is 52.7 Å². The van der Waals surface area contributed by atoms with Gasteiger partial charge in [0.15, 0.2) is 40.4 Å². The molecule has 3 amide bonds. The van der Waals surface area contributed by atoms with Crippen LogP contribution in [0.4, 0.5) is 160 Å². The highest BCUT2D eigenvalue weighted by Crippen LogP contribution is 2.47. The average molecular weight is 1750 g/mol. The molecule has 3 fully saturated rings. The lowest BCUT2D eigenvalue weighted by Gasteiger charge is -2.23. The minimum atomic E-state index is -4.71. The number of halogens is 19. The number of anilines is 5. The molecule has 3 aliphatic heterocycles. The summed E-state index contributed by atoms with van der Waals surface area (Å²) in [6.45, 7) is 55.0. The fraction of sp³-hybridized carbons (Fsp3) is 0.368. The number of nitrogens with one attached hydrogen (secondary N) is 2. The van der Waals surface area contributed by atoms with Crippen LogP contribution >= 0.6 is 0 Å². The van der Waals surface area contributed by atoms with Crippen molar-refractivity contribution in [2.24, 2.45) is 0 Å². The number of hydrogen-bond donors (Lipinski definition) is 5. The molecule has 3 heterocycles. The van der Waals surface area contributed by atoms with Crippen molar-refractivity contribution in [1.82, 2.24) is 0 Å². The zero-order valence-corrected chi connectivity index (χ0v) is 64.6. The van der Waals surface area contributed by atoms with E-state index in [1.54, 1.807) is 34.6 Å². The summed E-state index contributed by atoms with van der Waals surface area (Å²) in [5, 5.41) is 33.3. The number of methoxy groups -OCH3 is 1. The summed E-state index contributed by atoms with van der Waals surface area (Å²) in [6, 6.07) is 14.4. The SMILES string of the molecule is O=C=O.O=C=O.O=C=O.[C-]#[N+]c1ccc(F)c(C)c1C(F)(F)F.[C-]#[N+]c1ccc(N2C(=O)O[C@@H](C)[C@@H]2C)cc1C(F)(F)F.[C-]#[N+]c1ccc(N2C(=O)O[C@@H](C)[C@@H]2CO)cc1C(F)(F)F.[C-]#[N+]c1ccc(N2C(=O)O[C@@H](C)[C@@H]2OC)cc1C(F)(F)F.[C-]#[N+]c1ccc(NC[C@H](C)O)c(C)c1C(F)(F)F.[C-]#[N+]c1ccc(N[C@@H](C)[C@H](C)O)c(C)c1C(F)(F)F. The van der Waals surface area contributed by atoms with Crippen molar-refractivity contribution in [1.29, 1.82) is 0 Å². The number of benzene rings is 6. The van der Waals surface area contributed by atoms with E-state index in [9.17, 15) is 108 Å². The largest absolute Gasteiger partial charge is 0.444 e. The van der Waals surface area contributed by atoms with Gasteiger partial charge in [0.1, 0.15) is 30.2 Å². The van der Waals surface area contributed by atoms with E-state index in [-0.39, 0.29) is 70.6 Å². The van der Waals surface area contributed by atoms with Gasteiger partial charge in [-0.1, -0.05) is 36.4 Å². The lowest BCUT2D eigenvalue weighted by molar-refractivity contribution is -0.193. The van der Waals surface area contributed by atoms with E-state index in [1.807, 2.05) is 0 Å². The summed E-state index contributed by atoms with van der Waals surface area (Å²) < 4.78 is 264. The van der Waals surface area contributed by atoms with Crippen LogP contribution in [0.1, 0.15) is 98.5 Å². The molecule has 6 aromatic carbocycles. The molecule has 0 aliphatic carbocycles. The number of aliphatic hydroxyl groups is 3. The van der Waals surface area contributed by atoms with Gasteiger partial charge >= 0.3 is 73.8 Å². The number of aliphatic hydroxyl groups excluding tert-OH is 3. The smallest absolute Gasteiger partial charge is 0.416 e. The highest BCUT2D eigenvalue weighted by Gasteiger charge is 2.46. The number of amides is 3. The number of cyclic esters (lactones) is 3. The van der Waals surface area contributed by atoms with Gasteiger partial charge in [0.25, 0.3) is 0 Å². The van der Waals surface area contributed by atoms with Crippen LogP contribution in [0.5, 0.6) is 0 Å². The van der Waals surface area contributed by atoms with Crippen LogP contribution in [0.25, 0.3) is 29.1 Å². The van der Waals surface area contributed by atoms with E-state index in [1.165, 1.54) is 65.1 Å². The molecule has 654 valence electrons. The molecule has 46 heteroatoms. The molecule has 3 saturated heterocycles. The second-order valence-corrected chi connectivity index (χ2v) is 24.7. The Morgan fingerprint density at radius 1 is 0.451 bits per heavy atom. The zero-order valence-electron chi connectivity index (χ0n) is 64.6. The summed E-state index contributed by atoms with van der Waals surface area (Å²) >= 11 is 0. The Morgan fingerprint density at radius 2 is 0.754 bits per heavy atom. The number of nitrogens with zero attached hydrogens (tertiary/aromatic N) is 9. The van der Waals surface area contributed by atoms with Crippen LogP contribution in [-0.4, -0.2) is 127 Å². The minimum Gasteiger partial charge on any atom is -0.444 e. The lowest BCUT2D eigenvalue weighted by Crippen LogP contribution is -2.38. The van der Waals surface area contributed by atoms with Crippen LogP contribution in [0.3, 0.4) is 0 Å². The highest BCUT2D eigenvalue weighted by atomic mass is 19.4. The summed E-state index contributed by atoms with van der Waals surface area (Å²) in [6.07, 6.45) is -33.3. The molecular weight excluding hydrogens is 1680 g/mol. The van der Waals surface area contributed by atoms with Gasteiger partial charge in [0.2, 0.25) is 0 Å². The molecule has 0 unspecified atom stereocenters. The molecule has 5 N–H and O–H groups in total. The highest BCUT2D eigenvalue weighted by molar-refractivity contribution is 5.93. The van der Waals surface area contributed by atoms with Gasteiger partial charge in [0.05, 0.1) is 97.7 Å². The monoisotopic (exact) mass is 1750 g/mol. The number of alkyl halides is 18. The van der Waals surface area contributed by atoms with E-state index in [0.29, 0.717) is 0 Å². The Balaban J connectivity index is 0.000000719. The van der Waals surface area contributed by atoms with Crippen molar-refractivity contribution in [3.63, 3.8) is 0 Å². The normalized spacial score (nSPS) is 17.0. The van der Waals surface area contributed by atoms with E-state index in [4.69, 9.17) is 92.3 Å². The third kappa shape index (κ3) is 29.1. The Kier molecular flexibility index (Phi) is 40.1. The third-order valence-electron chi connectivity index (χ3n) is 16.7. The molecule has 0 radical (unpaired) electrons. The molecule has 0 saturated carbocycles. The fourth-order valence-corrected chi connectivity index (χ4v) is 10.7. The molecule has 0 aromatic heterocycles. The van der Waals surface area contributed by atoms with Gasteiger partial charge < -0.3 is 44.9 Å². The van der Waals surface area contributed by atoms with Crippen LogP contribution in [0, 0.1) is 66.0 Å². The molecule has 3 aliphatic rings. The van der Waals surface area contributed by atoms with E-state index >= 15 is 0 Å². The quantitative estimate of drug-likeness (QED) is 0.0457. The molecule has 27 nitrogen and oxygen atoms in total. The zero-order chi connectivity index (χ0) is 94.4. The molecule has 6 aromatic rings. The van der Waals surface area contributed by atoms with Gasteiger partial charge in [0, 0.05) is 48.1 Å². The Labute approximate surface area is 680 Å². The average Bonchev–Trinajstić information content (AvgIpc) is 1.66. The first-order valence-corrected chi connectivity index (χ1v) is 33.6. The van der Waals surface area contributed by atoms with Crippen molar-refractivity contribution in [3.05, 3.63) is 215 Å². The number of carbonyl (C=O) groups is 3. The third-order valence-corrected chi connectivity index (χ3v) is 16.7. The van der Waals surface area contributed by atoms with Gasteiger partial charge in [-0.2, -0.15) is 108 Å². The second kappa shape index (κ2) is 46.0. The molecule has 122 heavy (non-hydrogen) atoms. The van der Waals surface area contributed by atoms with Crippen molar-refractivity contribution in [3.8, 4) is 0 Å². The van der Waals surface area contributed by atoms with Gasteiger partial charge in [-0.3, -0.25) is 9.80 Å². The van der Waals surface area contributed by atoms with E-state index in [0.717, 1.165) is 82.3 Å². The maximum Gasteiger partial charge on any atom is 0.416 e. The molecular formula is C76H66F19N11O16. The van der Waals surface area contributed by atoms with Gasteiger partial charge in [-0.05, 0) is 141 Å². The Morgan fingerprint density at radius 3 is 1.07 bits per heavy atom. The van der Waals surface area contributed by atoms with Crippen LogP contribution in [0.2, 0.25) is 0 Å². The first kappa shape index (κ1) is 106. The maximum absolute atomic E-state index is 13.0. The summed E-state index contributed by atoms with van der Waals surface area (Å²) in [4.78, 5) is 104. The number of rotatable bonds is 11. The van der Waals surface area contributed by atoms with Gasteiger partial charge in [-0.15, -0.1) is 0 Å². The van der Waals surface area contributed by atoms with Crippen molar-refractivity contribution in [2.75, 3.05) is 45.6 Å².